The summed E-state index contributed by atoms with van der Waals surface area (Å²) in [5.41, 5.74) is 0. The van der Waals surface area contributed by atoms with Crippen molar-refractivity contribution >= 4 is 15.1 Å². The number of hydrogen-bond donors (Lipinski definition) is 1. The van der Waals surface area contributed by atoms with Crippen LogP contribution in [-0.2, 0) is 4.74 Å². The Morgan fingerprint density at radius 1 is 1.80 bits per heavy atom. The standard InChI is InChI=1S/C6H14B2O2/c1-8-3-5-4(9)2-6(7)10-5/h4-6,8-9H,2-3,7H2,1H3. The summed E-state index contributed by atoms with van der Waals surface area (Å²) in [6.07, 6.45) is 1.70. The number of hydrogen-bond acceptors (Lipinski definition) is 2. The normalized spacial score (nSPS) is 40.0. The van der Waals surface area contributed by atoms with Crippen LogP contribution in [0.4, 0.5) is 0 Å². The van der Waals surface area contributed by atoms with Crippen LogP contribution >= 0.6 is 0 Å². The minimum absolute atomic E-state index is 0.111. The molecule has 4 heteroatoms. The van der Waals surface area contributed by atoms with Crippen LogP contribution in [0, 0.1) is 0 Å². The first kappa shape index (κ1) is 8.15. The molecule has 3 unspecified atom stereocenters. The molecular weight excluding hydrogens is 126 g/mol. The average Bonchev–Trinajstić information content (AvgIpc) is 2.13. The number of aliphatic hydroxyl groups excluding tert-OH is 1. The first-order valence-corrected chi connectivity index (χ1v) is 4.07. The van der Waals surface area contributed by atoms with E-state index in [2.05, 4.69) is 6.82 Å². The van der Waals surface area contributed by atoms with Crippen molar-refractivity contribution in [2.75, 3.05) is 0 Å². The highest BCUT2D eigenvalue weighted by atomic mass is 16.5. The monoisotopic (exact) mass is 140 g/mol. The Hall–Kier alpha value is 0.0499. The topological polar surface area (TPSA) is 29.5 Å². The van der Waals surface area contributed by atoms with Gasteiger partial charge in [-0.2, -0.15) is 0 Å². The fraction of sp³-hybridized carbons (Fsp3) is 1.00. The summed E-state index contributed by atoms with van der Waals surface area (Å²) in [7, 11) is 3.10. The van der Waals surface area contributed by atoms with Crippen molar-refractivity contribution in [3.8, 4) is 0 Å². The van der Waals surface area contributed by atoms with Crippen molar-refractivity contribution in [2.24, 2.45) is 0 Å². The summed E-state index contributed by atoms with van der Waals surface area (Å²) in [6, 6.07) is 0.256. The molecule has 2 nitrogen and oxygen atoms in total. The highest BCUT2D eigenvalue weighted by molar-refractivity contribution is 6.33. The van der Waals surface area contributed by atoms with E-state index in [0.717, 1.165) is 20.0 Å². The van der Waals surface area contributed by atoms with Gasteiger partial charge in [-0.25, -0.2) is 0 Å². The van der Waals surface area contributed by atoms with Gasteiger partial charge in [0, 0.05) is 6.00 Å². The highest BCUT2D eigenvalue weighted by Crippen LogP contribution is 2.20. The quantitative estimate of drug-likeness (QED) is 0.498. The largest absolute Gasteiger partial charge is 0.390 e. The molecule has 0 radical (unpaired) electrons. The highest BCUT2D eigenvalue weighted by Gasteiger charge is 2.29. The fourth-order valence-corrected chi connectivity index (χ4v) is 1.48. The van der Waals surface area contributed by atoms with Gasteiger partial charge in [-0.05, 0) is 12.7 Å². The van der Waals surface area contributed by atoms with Crippen molar-refractivity contribution in [1.29, 1.82) is 0 Å². The number of rotatable bonds is 2. The Balaban J connectivity index is 2.31. The van der Waals surface area contributed by atoms with Crippen LogP contribution in [0.25, 0.3) is 0 Å². The molecule has 1 heterocycles. The first-order valence-electron chi connectivity index (χ1n) is 4.07. The third kappa shape index (κ3) is 1.77. The smallest absolute Gasteiger partial charge is 0.139 e. The summed E-state index contributed by atoms with van der Waals surface area (Å²) >= 11 is 0. The molecule has 0 aromatic heterocycles. The van der Waals surface area contributed by atoms with E-state index in [1.807, 2.05) is 7.85 Å². The van der Waals surface area contributed by atoms with E-state index in [4.69, 9.17) is 4.74 Å². The van der Waals surface area contributed by atoms with Gasteiger partial charge in [0.25, 0.3) is 0 Å². The minimum atomic E-state index is -0.213. The van der Waals surface area contributed by atoms with E-state index >= 15 is 0 Å². The summed E-state index contributed by atoms with van der Waals surface area (Å²) in [5.74, 6) is 0. The summed E-state index contributed by atoms with van der Waals surface area (Å²) in [4.78, 5) is 0. The number of aliphatic hydroxyl groups is 1. The van der Waals surface area contributed by atoms with Gasteiger partial charge in [0.15, 0.2) is 0 Å². The van der Waals surface area contributed by atoms with Gasteiger partial charge < -0.3 is 9.84 Å². The molecule has 1 saturated heterocycles. The predicted molar refractivity (Wildman–Crippen MR) is 45.6 cm³/mol. The van der Waals surface area contributed by atoms with E-state index < -0.39 is 0 Å². The lowest BCUT2D eigenvalue weighted by Gasteiger charge is -2.11. The van der Waals surface area contributed by atoms with Gasteiger partial charge in [-0.3, -0.25) is 0 Å². The molecular formula is C6H14B2O2. The van der Waals surface area contributed by atoms with Crippen LogP contribution in [0.1, 0.15) is 6.42 Å². The average molecular weight is 140 g/mol. The van der Waals surface area contributed by atoms with Crippen LogP contribution in [-0.4, -0.2) is 38.4 Å². The second kappa shape index (κ2) is 3.44. The molecule has 0 saturated carbocycles. The Bertz CT molecular complexity index is 110. The zero-order valence-electron chi connectivity index (χ0n) is 6.71. The molecule has 0 amide bonds. The lowest BCUT2D eigenvalue weighted by atomic mass is 9.74. The Morgan fingerprint density at radius 2 is 2.50 bits per heavy atom. The van der Waals surface area contributed by atoms with Crippen molar-refractivity contribution < 1.29 is 9.84 Å². The van der Waals surface area contributed by atoms with E-state index in [1.54, 1.807) is 0 Å². The third-order valence-corrected chi connectivity index (χ3v) is 1.98. The molecule has 1 N–H and O–H groups in total. The Kier molecular flexibility index (Phi) is 2.81. The maximum absolute atomic E-state index is 9.37. The minimum Gasteiger partial charge on any atom is -0.390 e. The van der Waals surface area contributed by atoms with Gasteiger partial charge in [0.1, 0.15) is 15.1 Å². The molecule has 0 aromatic rings. The lowest BCUT2D eigenvalue weighted by molar-refractivity contribution is 0.0457. The van der Waals surface area contributed by atoms with Gasteiger partial charge in [0.05, 0.1) is 12.2 Å². The predicted octanol–water partition coefficient (Wildman–Crippen LogP) is -1.00. The van der Waals surface area contributed by atoms with E-state index in [9.17, 15) is 5.11 Å². The SMILES string of the molecule is BC1CC(O)C(CBC)O1. The van der Waals surface area contributed by atoms with E-state index in [1.165, 1.54) is 0 Å². The van der Waals surface area contributed by atoms with Gasteiger partial charge in [-0.15, -0.1) is 0 Å². The lowest BCUT2D eigenvalue weighted by Crippen LogP contribution is -2.21. The van der Waals surface area contributed by atoms with Crippen molar-refractivity contribution in [3.63, 3.8) is 0 Å². The molecule has 10 heavy (non-hydrogen) atoms. The molecule has 0 spiro atoms. The molecule has 0 aromatic carbocycles. The van der Waals surface area contributed by atoms with Crippen LogP contribution in [0.2, 0.25) is 13.1 Å². The maximum Gasteiger partial charge on any atom is 0.139 e. The molecule has 1 rings (SSSR count). The number of ether oxygens (including phenoxy) is 1. The van der Waals surface area contributed by atoms with Crippen LogP contribution in [0.3, 0.4) is 0 Å². The molecule has 1 fully saturated rings. The van der Waals surface area contributed by atoms with Gasteiger partial charge in [0.2, 0.25) is 0 Å². The van der Waals surface area contributed by atoms with E-state index in [0.29, 0.717) is 0 Å². The van der Waals surface area contributed by atoms with Crippen LogP contribution in [0.15, 0.2) is 0 Å². The first-order chi connectivity index (χ1) is 4.74. The fourth-order valence-electron chi connectivity index (χ4n) is 1.48. The molecule has 56 valence electrons. The van der Waals surface area contributed by atoms with Crippen LogP contribution in [0.5, 0.6) is 0 Å². The summed E-state index contributed by atoms with van der Waals surface area (Å²) < 4.78 is 5.46. The van der Waals surface area contributed by atoms with Crippen LogP contribution < -0.4 is 0 Å². The Morgan fingerprint density at radius 3 is 2.90 bits per heavy atom. The summed E-state index contributed by atoms with van der Waals surface area (Å²) in [5, 5.41) is 9.37. The van der Waals surface area contributed by atoms with E-state index in [-0.39, 0.29) is 18.2 Å². The molecule has 3 atom stereocenters. The second-order valence-corrected chi connectivity index (χ2v) is 3.08. The van der Waals surface area contributed by atoms with Crippen molar-refractivity contribution in [3.05, 3.63) is 0 Å². The molecule has 1 aliphatic rings. The summed E-state index contributed by atoms with van der Waals surface area (Å²) in [6.45, 7) is 2.11. The van der Waals surface area contributed by atoms with Gasteiger partial charge >= 0.3 is 0 Å². The second-order valence-electron chi connectivity index (χ2n) is 3.08. The van der Waals surface area contributed by atoms with Crippen molar-refractivity contribution in [1.82, 2.24) is 0 Å². The van der Waals surface area contributed by atoms with Gasteiger partial charge in [-0.1, -0.05) is 6.82 Å². The Labute approximate surface area is 63.6 Å². The molecule has 0 bridgehead atoms. The maximum atomic E-state index is 9.37. The zero-order chi connectivity index (χ0) is 7.56. The molecule has 1 aliphatic heterocycles. The van der Waals surface area contributed by atoms with Crippen molar-refractivity contribution in [2.45, 2.75) is 37.8 Å². The zero-order valence-corrected chi connectivity index (χ0v) is 6.71. The molecule has 0 aliphatic carbocycles. The third-order valence-electron chi connectivity index (χ3n) is 1.98.